The van der Waals surface area contributed by atoms with Crippen LogP contribution in [0.25, 0.3) is 0 Å². The van der Waals surface area contributed by atoms with E-state index in [4.69, 9.17) is 4.99 Å². The van der Waals surface area contributed by atoms with Crippen LogP contribution in [-0.2, 0) is 9.59 Å². The van der Waals surface area contributed by atoms with Gasteiger partial charge in [-0.15, -0.1) is 0 Å². The number of fused-ring (bicyclic) bond motifs is 2. The van der Waals surface area contributed by atoms with E-state index >= 15 is 0 Å². The number of carbonyl (C=O) groups is 2. The molecule has 28 heavy (non-hydrogen) atoms. The molecule has 5 nitrogen and oxygen atoms in total. The molecule has 0 unspecified atom stereocenters. The molecule has 1 heterocycles. The Bertz CT molecular complexity index is 982. The molecule has 0 spiro atoms. The first-order chi connectivity index (χ1) is 13.4. The number of rotatable bonds is 3. The molecule has 1 aliphatic carbocycles. The van der Waals surface area contributed by atoms with Crippen LogP contribution in [0.15, 0.2) is 41.4 Å². The van der Waals surface area contributed by atoms with E-state index in [1.165, 1.54) is 24.3 Å². The number of benzene rings is 2. The van der Waals surface area contributed by atoms with Gasteiger partial charge in [0.25, 0.3) is 0 Å². The molecule has 2 aromatic rings. The summed E-state index contributed by atoms with van der Waals surface area (Å²) < 4.78 is 13.1. The normalized spacial score (nSPS) is 18.2. The van der Waals surface area contributed by atoms with Crippen molar-refractivity contribution in [2.24, 2.45) is 10.9 Å². The first-order valence-corrected chi connectivity index (χ1v) is 9.48. The number of carbonyl (C=O) groups excluding carboxylic acids is 2. The summed E-state index contributed by atoms with van der Waals surface area (Å²) in [5, 5.41) is 2.74. The minimum atomic E-state index is -0.369. The number of halogens is 1. The van der Waals surface area contributed by atoms with Gasteiger partial charge in [0.15, 0.2) is 0 Å². The second kappa shape index (κ2) is 7.19. The van der Waals surface area contributed by atoms with Crippen LogP contribution in [0.2, 0.25) is 0 Å². The van der Waals surface area contributed by atoms with Crippen LogP contribution >= 0.6 is 0 Å². The van der Waals surface area contributed by atoms with Crippen molar-refractivity contribution in [1.29, 1.82) is 0 Å². The fraction of sp³-hybridized carbons (Fsp3) is 0.318. The van der Waals surface area contributed by atoms with E-state index < -0.39 is 0 Å². The quantitative estimate of drug-likeness (QED) is 0.864. The van der Waals surface area contributed by atoms with Gasteiger partial charge < -0.3 is 10.2 Å². The molecule has 0 bridgehead atoms. The molecule has 4 rings (SSSR count). The fourth-order valence-corrected chi connectivity index (χ4v) is 3.82. The van der Waals surface area contributed by atoms with Crippen molar-refractivity contribution >= 4 is 34.6 Å². The van der Waals surface area contributed by atoms with Crippen molar-refractivity contribution in [3.8, 4) is 0 Å². The monoisotopic (exact) mass is 379 g/mol. The third-order valence-electron chi connectivity index (χ3n) is 5.47. The molecule has 0 aromatic heterocycles. The summed E-state index contributed by atoms with van der Waals surface area (Å²) in [7, 11) is 0. The molecule has 0 saturated heterocycles. The smallest absolute Gasteiger partial charge is 0.244 e. The third-order valence-corrected chi connectivity index (χ3v) is 5.47. The standard InChI is InChI=1S/C22H22FN3O2/c1-13-10-19-20(11-14(13)2)26(22(28)17-4-3-5-18(17)25-19)12-21(27)24-16-8-6-15(23)7-9-16/h6-11,17H,3-5,12H2,1-2H3,(H,24,27)/t17-/m1/s1. The predicted molar refractivity (Wildman–Crippen MR) is 108 cm³/mol. The lowest BCUT2D eigenvalue weighted by molar-refractivity contribution is -0.122. The van der Waals surface area contributed by atoms with Gasteiger partial charge in [0.05, 0.1) is 17.3 Å². The number of nitrogens with zero attached hydrogens (tertiary/aromatic N) is 2. The van der Waals surface area contributed by atoms with E-state index in [2.05, 4.69) is 5.32 Å². The van der Waals surface area contributed by atoms with Crippen LogP contribution in [0.4, 0.5) is 21.5 Å². The Morgan fingerprint density at radius 3 is 2.68 bits per heavy atom. The third kappa shape index (κ3) is 3.42. The maximum absolute atomic E-state index is 13.2. The highest BCUT2D eigenvalue weighted by Crippen LogP contribution is 2.39. The van der Waals surface area contributed by atoms with E-state index in [1.807, 2.05) is 26.0 Å². The molecular formula is C22H22FN3O2. The zero-order valence-corrected chi connectivity index (χ0v) is 16.0. The number of nitrogens with one attached hydrogen (secondary N) is 1. The van der Waals surface area contributed by atoms with Gasteiger partial charge in [-0.1, -0.05) is 0 Å². The summed E-state index contributed by atoms with van der Waals surface area (Å²) in [5.74, 6) is -1.03. The van der Waals surface area contributed by atoms with E-state index in [1.54, 1.807) is 4.90 Å². The highest BCUT2D eigenvalue weighted by atomic mass is 19.1. The van der Waals surface area contributed by atoms with Crippen LogP contribution in [0.3, 0.4) is 0 Å². The fourth-order valence-electron chi connectivity index (χ4n) is 3.82. The number of hydrogen-bond donors (Lipinski definition) is 1. The average Bonchev–Trinajstić information content (AvgIpc) is 3.09. The highest BCUT2D eigenvalue weighted by molar-refractivity contribution is 6.16. The van der Waals surface area contributed by atoms with Gasteiger partial charge in [0, 0.05) is 11.4 Å². The summed E-state index contributed by atoms with van der Waals surface area (Å²) in [5.41, 5.74) is 4.96. The topological polar surface area (TPSA) is 61.8 Å². The van der Waals surface area contributed by atoms with Crippen molar-refractivity contribution in [2.45, 2.75) is 33.1 Å². The Hall–Kier alpha value is -3.02. The van der Waals surface area contributed by atoms with Crippen LogP contribution < -0.4 is 10.2 Å². The van der Waals surface area contributed by atoms with Gasteiger partial charge >= 0.3 is 0 Å². The van der Waals surface area contributed by atoms with Crippen molar-refractivity contribution < 1.29 is 14.0 Å². The SMILES string of the molecule is Cc1cc2c(cc1C)N(CC(=O)Nc1ccc(F)cc1)C(=O)[C@@H]1CCCC1=N2. The molecule has 1 atom stereocenters. The lowest BCUT2D eigenvalue weighted by Crippen LogP contribution is -2.42. The van der Waals surface area contributed by atoms with Gasteiger partial charge in [0.1, 0.15) is 12.4 Å². The van der Waals surface area contributed by atoms with Crippen LogP contribution in [0.5, 0.6) is 0 Å². The van der Waals surface area contributed by atoms with Gasteiger partial charge in [-0.25, -0.2) is 4.39 Å². The van der Waals surface area contributed by atoms with E-state index in [0.717, 1.165) is 41.8 Å². The molecule has 144 valence electrons. The maximum atomic E-state index is 13.2. The summed E-state index contributed by atoms with van der Waals surface area (Å²) in [6, 6.07) is 9.48. The highest BCUT2D eigenvalue weighted by Gasteiger charge is 2.37. The molecule has 0 radical (unpaired) electrons. The number of aryl methyl sites for hydroxylation is 2. The van der Waals surface area contributed by atoms with Gasteiger partial charge in [-0.2, -0.15) is 0 Å². The lowest BCUT2D eigenvalue weighted by atomic mass is 10.0. The summed E-state index contributed by atoms with van der Waals surface area (Å²) in [6.45, 7) is 3.89. The molecule has 2 amide bonds. The van der Waals surface area contributed by atoms with Crippen molar-refractivity contribution in [2.75, 3.05) is 16.8 Å². The second-order valence-electron chi connectivity index (χ2n) is 7.45. The zero-order chi connectivity index (χ0) is 19.8. The molecule has 1 fully saturated rings. The van der Waals surface area contributed by atoms with Crippen molar-refractivity contribution in [3.63, 3.8) is 0 Å². The minimum Gasteiger partial charge on any atom is -0.325 e. The summed E-state index contributed by atoms with van der Waals surface area (Å²) in [4.78, 5) is 32.2. The molecule has 6 heteroatoms. The van der Waals surface area contributed by atoms with Gasteiger partial charge in [-0.05, 0) is 80.6 Å². The van der Waals surface area contributed by atoms with Crippen LogP contribution in [0, 0.1) is 25.6 Å². The number of hydrogen-bond acceptors (Lipinski definition) is 3. The maximum Gasteiger partial charge on any atom is 0.244 e. The van der Waals surface area contributed by atoms with E-state index in [9.17, 15) is 14.0 Å². The average molecular weight is 379 g/mol. The molecule has 1 N–H and O–H groups in total. The minimum absolute atomic E-state index is 0.0764. The Morgan fingerprint density at radius 2 is 1.93 bits per heavy atom. The van der Waals surface area contributed by atoms with E-state index in [-0.39, 0.29) is 30.1 Å². The number of amides is 2. The Kier molecular flexibility index (Phi) is 4.71. The second-order valence-corrected chi connectivity index (χ2v) is 7.45. The van der Waals surface area contributed by atoms with Crippen molar-refractivity contribution in [1.82, 2.24) is 0 Å². The van der Waals surface area contributed by atoms with Gasteiger partial charge in [-0.3, -0.25) is 14.6 Å². The summed E-state index contributed by atoms with van der Waals surface area (Å²) >= 11 is 0. The molecule has 2 aliphatic rings. The molecular weight excluding hydrogens is 357 g/mol. The van der Waals surface area contributed by atoms with E-state index in [0.29, 0.717) is 11.4 Å². The van der Waals surface area contributed by atoms with Gasteiger partial charge in [0.2, 0.25) is 11.8 Å². The van der Waals surface area contributed by atoms with Crippen LogP contribution in [-0.4, -0.2) is 24.1 Å². The first kappa shape index (κ1) is 18.3. The molecule has 2 aromatic carbocycles. The number of anilines is 2. The lowest BCUT2D eigenvalue weighted by Gasteiger charge is -2.25. The largest absolute Gasteiger partial charge is 0.325 e. The Labute approximate surface area is 163 Å². The molecule has 1 aliphatic heterocycles. The Balaban J connectivity index is 1.65. The summed E-state index contributed by atoms with van der Waals surface area (Å²) in [6.07, 6.45) is 2.52. The van der Waals surface area contributed by atoms with Crippen LogP contribution in [0.1, 0.15) is 30.4 Å². The molecule has 1 saturated carbocycles. The number of aliphatic imine (C=N–C) groups is 1. The first-order valence-electron chi connectivity index (χ1n) is 9.48. The Morgan fingerprint density at radius 1 is 1.21 bits per heavy atom. The predicted octanol–water partition coefficient (Wildman–Crippen LogP) is 4.30. The zero-order valence-electron chi connectivity index (χ0n) is 16.0. The van der Waals surface area contributed by atoms with Crippen molar-refractivity contribution in [3.05, 3.63) is 53.3 Å².